The largest absolute Gasteiger partial charge is 0.383 e. The molecule has 1 unspecified atom stereocenters. The number of anilines is 1. The first kappa shape index (κ1) is 11.4. The van der Waals surface area contributed by atoms with E-state index in [2.05, 4.69) is 4.98 Å². The Morgan fingerprint density at radius 2 is 2.14 bits per heavy atom. The summed E-state index contributed by atoms with van der Waals surface area (Å²) < 4.78 is 0. The van der Waals surface area contributed by atoms with Crippen LogP contribution in [0, 0.1) is 6.92 Å². The molecule has 1 rings (SSSR count). The monoisotopic (exact) mass is 215 g/mol. The highest BCUT2D eigenvalue weighted by molar-refractivity contribution is 7.15. The second-order valence-electron chi connectivity index (χ2n) is 3.78. The van der Waals surface area contributed by atoms with E-state index in [1.54, 1.807) is 6.92 Å². The van der Waals surface area contributed by atoms with Gasteiger partial charge in [0.2, 0.25) is 0 Å². The van der Waals surface area contributed by atoms with Crippen LogP contribution < -0.4 is 10.6 Å². The molecule has 4 nitrogen and oxygen atoms in total. The summed E-state index contributed by atoms with van der Waals surface area (Å²) in [7, 11) is 3.86. The lowest BCUT2D eigenvalue weighted by molar-refractivity contribution is 0.0698. The quantitative estimate of drug-likeness (QED) is 0.778. The summed E-state index contributed by atoms with van der Waals surface area (Å²) >= 11 is 1.48. The molecule has 0 saturated carbocycles. The number of nitrogens with two attached hydrogens (primary N) is 1. The molecule has 1 atom stereocenters. The fourth-order valence-corrected chi connectivity index (χ4v) is 2.21. The Hall–Kier alpha value is -0.650. The van der Waals surface area contributed by atoms with Gasteiger partial charge in [0, 0.05) is 20.6 Å². The summed E-state index contributed by atoms with van der Waals surface area (Å²) in [6.45, 7) is 3.82. The number of aryl methyl sites for hydroxylation is 1. The van der Waals surface area contributed by atoms with Gasteiger partial charge in [-0.15, -0.1) is 0 Å². The van der Waals surface area contributed by atoms with Crippen molar-refractivity contribution in [1.29, 1.82) is 0 Å². The van der Waals surface area contributed by atoms with Crippen LogP contribution in [0.4, 0.5) is 5.13 Å². The Balaban J connectivity index is 3.10. The SMILES string of the molecule is Cc1nc(N(C)C)sc1C(C)(O)CN. The van der Waals surface area contributed by atoms with Gasteiger partial charge < -0.3 is 15.7 Å². The second kappa shape index (κ2) is 3.84. The average Bonchev–Trinajstić information content (AvgIpc) is 2.48. The molecule has 0 radical (unpaired) electrons. The van der Waals surface area contributed by atoms with E-state index in [1.807, 2.05) is 25.9 Å². The lowest BCUT2D eigenvalue weighted by Crippen LogP contribution is -2.30. The van der Waals surface area contributed by atoms with E-state index in [-0.39, 0.29) is 6.54 Å². The average molecular weight is 215 g/mol. The molecular formula is C9H17N3OS. The van der Waals surface area contributed by atoms with Crippen molar-refractivity contribution in [1.82, 2.24) is 4.98 Å². The van der Waals surface area contributed by atoms with Crippen LogP contribution in [0.3, 0.4) is 0 Å². The van der Waals surface area contributed by atoms with Crippen LogP contribution in [-0.4, -0.2) is 30.7 Å². The number of aromatic nitrogens is 1. The third-order valence-electron chi connectivity index (χ3n) is 2.05. The molecule has 14 heavy (non-hydrogen) atoms. The number of thiazole rings is 1. The minimum absolute atomic E-state index is 0.211. The summed E-state index contributed by atoms with van der Waals surface area (Å²) in [5.74, 6) is 0. The summed E-state index contributed by atoms with van der Waals surface area (Å²) in [6, 6.07) is 0. The molecule has 1 heterocycles. The van der Waals surface area contributed by atoms with Crippen LogP contribution in [0.2, 0.25) is 0 Å². The van der Waals surface area contributed by atoms with Crippen LogP contribution in [0.25, 0.3) is 0 Å². The van der Waals surface area contributed by atoms with Crippen molar-refractivity contribution < 1.29 is 5.11 Å². The third-order valence-corrected chi connectivity index (χ3v) is 3.63. The summed E-state index contributed by atoms with van der Waals surface area (Å²) in [5, 5.41) is 10.9. The number of nitrogens with zero attached hydrogens (tertiary/aromatic N) is 2. The van der Waals surface area contributed by atoms with Gasteiger partial charge in [0.05, 0.1) is 10.6 Å². The number of hydrogen-bond donors (Lipinski definition) is 2. The zero-order valence-corrected chi connectivity index (χ0v) is 9.85. The van der Waals surface area contributed by atoms with E-state index in [9.17, 15) is 5.11 Å². The van der Waals surface area contributed by atoms with Gasteiger partial charge in [0.25, 0.3) is 0 Å². The molecule has 5 heteroatoms. The summed E-state index contributed by atoms with van der Waals surface area (Å²) in [5.41, 5.74) is 5.40. The molecule has 0 fully saturated rings. The Morgan fingerprint density at radius 3 is 2.50 bits per heavy atom. The van der Waals surface area contributed by atoms with E-state index in [0.717, 1.165) is 15.7 Å². The van der Waals surface area contributed by atoms with E-state index in [0.29, 0.717) is 0 Å². The molecule has 1 aromatic heterocycles. The number of hydrogen-bond acceptors (Lipinski definition) is 5. The molecule has 0 saturated heterocycles. The molecule has 3 N–H and O–H groups in total. The third kappa shape index (κ3) is 2.05. The highest BCUT2D eigenvalue weighted by Crippen LogP contribution is 2.32. The van der Waals surface area contributed by atoms with Crippen molar-refractivity contribution >= 4 is 16.5 Å². The molecule has 80 valence electrons. The van der Waals surface area contributed by atoms with Crippen molar-refractivity contribution in [3.63, 3.8) is 0 Å². The Morgan fingerprint density at radius 1 is 1.57 bits per heavy atom. The van der Waals surface area contributed by atoms with Gasteiger partial charge in [-0.1, -0.05) is 11.3 Å². The maximum absolute atomic E-state index is 10.00. The predicted molar refractivity (Wildman–Crippen MR) is 59.8 cm³/mol. The first-order valence-corrected chi connectivity index (χ1v) is 5.28. The maximum Gasteiger partial charge on any atom is 0.185 e. The predicted octanol–water partition coefficient (Wildman–Crippen LogP) is 0.684. The number of rotatable bonds is 3. The normalized spacial score (nSPS) is 15.3. The fourth-order valence-electron chi connectivity index (χ4n) is 1.17. The van der Waals surface area contributed by atoms with Crippen LogP contribution in [-0.2, 0) is 5.60 Å². The molecule has 0 bridgehead atoms. The minimum Gasteiger partial charge on any atom is -0.383 e. The van der Waals surface area contributed by atoms with Gasteiger partial charge in [0.1, 0.15) is 5.60 Å². The topological polar surface area (TPSA) is 62.4 Å². The van der Waals surface area contributed by atoms with Gasteiger partial charge >= 0.3 is 0 Å². The van der Waals surface area contributed by atoms with Crippen molar-refractivity contribution in [3.05, 3.63) is 10.6 Å². The Labute approximate surface area is 88.4 Å². The van der Waals surface area contributed by atoms with Crippen molar-refractivity contribution in [3.8, 4) is 0 Å². The van der Waals surface area contributed by atoms with Crippen molar-refractivity contribution in [2.75, 3.05) is 25.5 Å². The van der Waals surface area contributed by atoms with Crippen LogP contribution >= 0.6 is 11.3 Å². The van der Waals surface area contributed by atoms with Gasteiger partial charge in [-0.25, -0.2) is 4.98 Å². The first-order chi connectivity index (χ1) is 6.38. The van der Waals surface area contributed by atoms with Crippen LogP contribution in [0.1, 0.15) is 17.5 Å². The molecule has 0 spiro atoms. The van der Waals surface area contributed by atoms with Crippen molar-refractivity contribution in [2.45, 2.75) is 19.4 Å². The molecule has 0 aliphatic carbocycles. The standard InChI is InChI=1S/C9H17N3OS/c1-6-7(9(2,13)5-10)14-8(11-6)12(3)4/h13H,5,10H2,1-4H3. The molecule has 0 aliphatic rings. The van der Waals surface area contributed by atoms with E-state index < -0.39 is 5.60 Å². The maximum atomic E-state index is 10.00. The van der Waals surface area contributed by atoms with Crippen LogP contribution in [0.15, 0.2) is 0 Å². The molecule has 1 aromatic rings. The zero-order valence-electron chi connectivity index (χ0n) is 9.03. The lowest BCUT2D eigenvalue weighted by atomic mass is 10.0. The van der Waals surface area contributed by atoms with Crippen LogP contribution in [0.5, 0.6) is 0 Å². The van der Waals surface area contributed by atoms with E-state index >= 15 is 0 Å². The highest BCUT2D eigenvalue weighted by Gasteiger charge is 2.27. The van der Waals surface area contributed by atoms with Gasteiger partial charge in [-0.3, -0.25) is 0 Å². The smallest absolute Gasteiger partial charge is 0.185 e. The van der Waals surface area contributed by atoms with Gasteiger partial charge in [0.15, 0.2) is 5.13 Å². The molecule has 0 aromatic carbocycles. The molecule has 0 amide bonds. The minimum atomic E-state index is -0.962. The molecule has 0 aliphatic heterocycles. The van der Waals surface area contributed by atoms with Gasteiger partial charge in [-0.2, -0.15) is 0 Å². The lowest BCUT2D eigenvalue weighted by Gasteiger charge is -2.19. The zero-order chi connectivity index (χ0) is 10.9. The second-order valence-corrected chi connectivity index (χ2v) is 4.76. The van der Waals surface area contributed by atoms with Gasteiger partial charge in [-0.05, 0) is 13.8 Å². The summed E-state index contributed by atoms with van der Waals surface area (Å²) in [6.07, 6.45) is 0. The Kier molecular flexibility index (Phi) is 3.14. The summed E-state index contributed by atoms with van der Waals surface area (Å²) in [4.78, 5) is 7.13. The van der Waals surface area contributed by atoms with E-state index in [4.69, 9.17) is 5.73 Å². The Bertz CT molecular complexity index is 320. The fraction of sp³-hybridized carbons (Fsp3) is 0.667. The van der Waals surface area contributed by atoms with Crippen molar-refractivity contribution in [2.24, 2.45) is 5.73 Å². The first-order valence-electron chi connectivity index (χ1n) is 4.46. The van der Waals surface area contributed by atoms with E-state index in [1.165, 1.54) is 11.3 Å². The highest BCUT2D eigenvalue weighted by atomic mass is 32.1. The number of aliphatic hydroxyl groups is 1. The molecular weight excluding hydrogens is 198 g/mol.